The molecule has 0 aromatic heterocycles. The highest BCUT2D eigenvalue weighted by molar-refractivity contribution is 5.72. The molecule has 0 aliphatic rings. The number of unbranched alkanes of at least 4 members (excludes halogenated alkanes) is 13. The number of hydrogen-bond acceptors (Lipinski definition) is 3. The quantitative estimate of drug-likeness (QED) is 0.169. The van der Waals surface area contributed by atoms with E-state index in [2.05, 4.69) is 37.1 Å². The molecule has 0 fully saturated rings. The molecular weight excluding hydrogens is 324 g/mol. The normalized spacial score (nSPS) is 10.8. The minimum Gasteiger partial charge on any atom is -0.479 e. The minimum absolute atomic E-state index is 1.19. The number of carboxylic acid groups (broad SMARTS) is 1. The van der Waals surface area contributed by atoms with Crippen LogP contribution in [0.3, 0.4) is 0 Å². The summed E-state index contributed by atoms with van der Waals surface area (Å²) in [7, 11) is 0. The maximum Gasteiger partial charge on any atom is 0.335 e. The van der Waals surface area contributed by atoms with E-state index in [1.807, 2.05) is 6.08 Å². The van der Waals surface area contributed by atoms with Crippen molar-refractivity contribution in [3.05, 3.63) is 24.8 Å². The van der Waals surface area contributed by atoms with Crippen molar-refractivity contribution in [2.45, 2.75) is 109 Å². The molecule has 0 unspecified atom stereocenters. The van der Waals surface area contributed by atoms with E-state index in [-0.39, 0.29) is 0 Å². The second-order valence-electron chi connectivity index (χ2n) is 6.88. The molecule has 0 saturated carbocycles. The zero-order valence-corrected chi connectivity index (χ0v) is 17.1. The van der Waals surface area contributed by atoms with Crippen LogP contribution >= 0.6 is 0 Å². The fourth-order valence-corrected chi connectivity index (χ4v) is 2.54. The van der Waals surface area contributed by atoms with Crippen LogP contribution in [-0.2, 0) is 4.79 Å². The highest BCUT2D eigenvalue weighted by Gasteiger charge is 2.00. The first-order valence-corrected chi connectivity index (χ1v) is 10.6. The Morgan fingerprint density at radius 2 is 1.15 bits per heavy atom. The molecule has 0 aliphatic heterocycles. The molecule has 26 heavy (non-hydrogen) atoms. The number of allylic oxidation sites excluding steroid dienone is 3. The van der Waals surface area contributed by atoms with Crippen molar-refractivity contribution in [3.8, 4) is 0 Å². The standard InChI is InChI=1S/C20H38.C2H6N2O2/c1-3-5-7-9-11-13-15-17-19-20-18-16-14-12-10-8-6-4-2;3-1(4)2(5)6/h3,18,20H,1,4-17,19H2,2H3;1H,3-4H2,(H,5,6). The van der Waals surface area contributed by atoms with Gasteiger partial charge in [-0.15, -0.1) is 6.58 Å². The first-order chi connectivity index (χ1) is 12.6. The van der Waals surface area contributed by atoms with Crippen LogP contribution in [0.5, 0.6) is 0 Å². The second kappa shape index (κ2) is 23.9. The summed E-state index contributed by atoms with van der Waals surface area (Å²) in [6.45, 7) is 6.04. The molecule has 0 rings (SSSR count). The zero-order chi connectivity index (χ0) is 19.9. The van der Waals surface area contributed by atoms with Gasteiger partial charge in [0.15, 0.2) is 6.17 Å². The lowest BCUT2D eigenvalue weighted by Crippen LogP contribution is -2.38. The fourth-order valence-electron chi connectivity index (χ4n) is 2.54. The van der Waals surface area contributed by atoms with Crippen LogP contribution in [0.4, 0.5) is 0 Å². The molecule has 0 spiro atoms. The number of hydrogen-bond donors (Lipinski definition) is 3. The molecule has 0 saturated heterocycles. The van der Waals surface area contributed by atoms with Crippen LogP contribution < -0.4 is 11.5 Å². The van der Waals surface area contributed by atoms with Crippen molar-refractivity contribution in [3.63, 3.8) is 0 Å². The maximum atomic E-state index is 9.45. The van der Waals surface area contributed by atoms with Crippen molar-refractivity contribution >= 4 is 5.97 Å². The van der Waals surface area contributed by atoms with Crippen molar-refractivity contribution < 1.29 is 9.90 Å². The zero-order valence-electron chi connectivity index (χ0n) is 17.1. The van der Waals surface area contributed by atoms with Crippen molar-refractivity contribution in [1.29, 1.82) is 0 Å². The summed E-state index contributed by atoms with van der Waals surface area (Å²) < 4.78 is 0. The third-order valence-corrected chi connectivity index (χ3v) is 4.21. The summed E-state index contributed by atoms with van der Waals surface area (Å²) in [5, 5.41) is 7.74. The number of rotatable bonds is 17. The molecule has 4 heteroatoms. The lowest BCUT2D eigenvalue weighted by molar-refractivity contribution is -0.138. The van der Waals surface area contributed by atoms with Gasteiger partial charge in [-0.25, -0.2) is 4.79 Å². The van der Waals surface area contributed by atoms with Gasteiger partial charge in [0.1, 0.15) is 0 Å². The first-order valence-electron chi connectivity index (χ1n) is 10.6. The Labute approximate surface area is 162 Å². The van der Waals surface area contributed by atoms with Gasteiger partial charge in [-0.1, -0.05) is 82.9 Å². The number of nitrogens with two attached hydrogens (primary N) is 2. The second-order valence-corrected chi connectivity index (χ2v) is 6.88. The van der Waals surface area contributed by atoms with Gasteiger partial charge in [0.25, 0.3) is 0 Å². The summed E-state index contributed by atoms with van der Waals surface area (Å²) in [6, 6.07) is 0. The Morgan fingerprint density at radius 3 is 1.50 bits per heavy atom. The largest absolute Gasteiger partial charge is 0.479 e. The Morgan fingerprint density at radius 1 is 0.808 bits per heavy atom. The van der Waals surface area contributed by atoms with Crippen LogP contribution in [0.25, 0.3) is 0 Å². The van der Waals surface area contributed by atoms with E-state index >= 15 is 0 Å². The van der Waals surface area contributed by atoms with E-state index in [9.17, 15) is 4.79 Å². The molecule has 0 heterocycles. The lowest BCUT2D eigenvalue weighted by atomic mass is 10.1. The van der Waals surface area contributed by atoms with Gasteiger partial charge < -0.3 is 16.6 Å². The maximum absolute atomic E-state index is 9.45. The van der Waals surface area contributed by atoms with Gasteiger partial charge >= 0.3 is 5.97 Å². The smallest absolute Gasteiger partial charge is 0.335 e. The third-order valence-electron chi connectivity index (χ3n) is 4.21. The van der Waals surface area contributed by atoms with Crippen LogP contribution in [0.2, 0.25) is 0 Å². The van der Waals surface area contributed by atoms with Crippen LogP contribution in [-0.4, -0.2) is 17.2 Å². The van der Waals surface area contributed by atoms with E-state index in [4.69, 9.17) is 5.11 Å². The first kappa shape index (κ1) is 27.1. The Hall–Kier alpha value is -1.13. The third kappa shape index (κ3) is 27.7. The van der Waals surface area contributed by atoms with Gasteiger partial charge in [0.2, 0.25) is 0 Å². The predicted molar refractivity (Wildman–Crippen MR) is 114 cm³/mol. The van der Waals surface area contributed by atoms with Gasteiger partial charge in [0.05, 0.1) is 0 Å². The number of carboxylic acids is 1. The molecule has 154 valence electrons. The Balaban J connectivity index is 0. The number of aliphatic carboxylic acids is 1. The van der Waals surface area contributed by atoms with Gasteiger partial charge in [-0.2, -0.15) is 0 Å². The summed E-state index contributed by atoms with van der Waals surface area (Å²) >= 11 is 0. The average Bonchev–Trinajstić information content (AvgIpc) is 2.62. The van der Waals surface area contributed by atoms with Crippen molar-refractivity contribution in [2.75, 3.05) is 0 Å². The molecule has 4 nitrogen and oxygen atoms in total. The van der Waals surface area contributed by atoms with Gasteiger partial charge in [-0.3, -0.25) is 0 Å². The molecular formula is C22H44N2O2. The summed E-state index contributed by atoms with van der Waals surface area (Å²) in [6.07, 6.45) is 26.2. The molecule has 5 N–H and O–H groups in total. The van der Waals surface area contributed by atoms with E-state index in [0.717, 1.165) is 0 Å². The molecule has 0 aliphatic carbocycles. The van der Waals surface area contributed by atoms with Crippen molar-refractivity contribution in [1.82, 2.24) is 0 Å². The van der Waals surface area contributed by atoms with E-state index in [0.29, 0.717) is 0 Å². The van der Waals surface area contributed by atoms with Crippen LogP contribution in [0.15, 0.2) is 24.8 Å². The molecule has 0 bridgehead atoms. The van der Waals surface area contributed by atoms with Gasteiger partial charge in [0, 0.05) is 0 Å². The molecule has 0 radical (unpaired) electrons. The van der Waals surface area contributed by atoms with E-state index in [1.54, 1.807) is 0 Å². The molecule has 0 atom stereocenters. The van der Waals surface area contributed by atoms with Crippen LogP contribution in [0.1, 0.15) is 103 Å². The molecule has 0 aromatic carbocycles. The fraction of sp³-hybridized carbons (Fsp3) is 0.773. The molecule has 0 aromatic rings. The summed E-state index contributed by atoms with van der Waals surface area (Å²) in [5.41, 5.74) is 9.23. The SMILES string of the molecule is C=CCCCCCCCCC=CCCCCCCCC.NC(N)C(=O)O. The Bertz CT molecular complexity index is 328. The topological polar surface area (TPSA) is 89.3 Å². The minimum atomic E-state index is -1.23. The highest BCUT2D eigenvalue weighted by Crippen LogP contribution is 2.10. The average molecular weight is 369 g/mol. The molecule has 0 amide bonds. The number of carbonyl (C=O) groups is 1. The predicted octanol–water partition coefficient (Wildman–Crippen LogP) is 5.91. The summed E-state index contributed by atoms with van der Waals surface area (Å²) in [5.74, 6) is -1.19. The van der Waals surface area contributed by atoms with Crippen molar-refractivity contribution in [2.24, 2.45) is 11.5 Å². The van der Waals surface area contributed by atoms with E-state index < -0.39 is 12.1 Å². The Kier molecular flexibility index (Phi) is 24.9. The van der Waals surface area contributed by atoms with E-state index in [1.165, 1.54) is 96.3 Å². The summed E-state index contributed by atoms with van der Waals surface area (Å²) in [4.78, 5) is 9.45. The highest BCUT2D eigenvalue weighted by atomic mass is 16.4. The lowest BCUT2D eigenvalue weighted by Gasteiger charge is -1.99. The van der Waals surface area contributed by atoms with Crippen LogP contribution in [0, 0.1) is 0 Å². The monoisotopic (exact) mass is 368 g/mol. The van der Waals surface area contributed by atoms with Gasteiger partial charge in [-0.05, 0) is 38.5 Å².